The predicted molar refractivity (Wildman–Crippen MR) is 69.2 cm³/mol. The van der Waals surface area contributed by atoms with Gasteiger partial charge in [0.05, 0.1) is 12.1 Å². The van der Waals surface area contributed by atoms with Gasteiger partial charge < -0.3 is 4.90 Å². The van der Waals surface area contributed by atoms with E-state index in [4.69, 9.17) is 9.96 Å². The SMILES string of the molecule is N=C(NS(=O)(=O)C(F)(F)F)C1CCC2CN1C(=O)N2OS(=O)(=O)O. The molecule has 2 atom stereocenters. The van der Waals surface area contributed by atoms with Gasteiger partial charge in [0.15, 0.2) is 0 Å². The van der Waals surface area contributed by atoms with E-state index in [2.05, 4.69) is 4.28 Å². The van der Waals surface area contributed by atoms with E-state index in [-0.39, 0.29) is 19.4 Å². The van der Waals surface area contributed by atoms with Gasteiger partial charge in [-0.25, -0.2) is 4.79 Å². The van der Waals surface area contributed by atoms with Crippen LogP contribution >= 0.6 is 0 Å². The Balaban J connectivity index is 2.16. The minimum atomic E-state index is -5.82. The van der Waals surface area contributed by atoms with Crippen molar-refractivity contribution in [3.8, 4) is 0 Å². The molecule has 2 heterocycles. The molecule has 2 saturated heterocycles. The highest BCUT2D eigenvalue weighted by Crippen LogP contribution is 2.31. The molecule has 2 unspecified atom stereocenters. The molecule has 0 aromatic carbocycles. The van der Waals surface area contributed by atoms with Crippen LogP contribution < -0.4 is 4.72 Å². The number of carbonyl (C=O) groups excluding carboxylic acids is 1. The Morgan fingerprint density at radius 2 is 1.88 bits per heavy atom. The zero-order valence-corrected chi connectivity index (χ0v) is 13.2. The lowest BCUT2D eigenvalue weighted by molar-refractivity contribution is -0.0442. The summed E-state index contributed by atoms with van der Waals surface area (Å²) in [5.74, 6) is -1.09. The summed E-state index contributed by atoms with van der Waals surface area (Å²) in [6, 6.07) is -3.29. The van der Waals surface area contributed by atoms with Crippen LogP contribution in [0.4, 0.5) is 18.0 Å². The third-order valence-corrected chi connectivity index (χ3v) is 4.83. The van der Waals surface area contributed by atoms with Gasteiger partial charge >= 0.3 is 32.0 Å². The highest BCUT2D eigenvalue weighted by Gasteiger charge is 2.51. The minimum Gasteiger partial charge on any atom is -0.310 e. The van der Waals surface area contributed by atoms with Crippen LogP contribution in [0, 0.1) is 5.41 Å². The zero-order valence-electron chi connectivity index (χ0n) is 11.5. The third kappa shape index (κ3) is 3.55. The highest BCUT2D eigenvalue weighted by molar-refractivity contribution is 7.90. The number of fused-ring (bicyclic) bond motifs is 2. The average molecular weight is 396 g/mol. The molecule has 2 bridgehead atoms. The first-order valence-electron chi connectivity index (χ1n) is 6.17. The molecule has 2 fully saturated rings. The number of nitrogens with zero attached hydrogens (tertiary/aromatic N) is 2. The van der Waals surface area contributed by atoms with Crippen LogP contribution in [0.3, 0.4) is 0 Å². The summed E-state index contributed by atoms with van der Waals surface area (Å²) >= 11 is 0. The number of piperidine rings is 1. The van der Waals surface area contributed by atoms with Gasteiger partial charge in [-0.05, 0) is 12.8 Å². The fourth-order valence-electron chi connectivity index (χ4n) is 2.40. The molecule has 16 heteroatoms. The number of nitrogens with one attached hydrogen (secondary N) is 2. The zero-order chi connectivity index (χ0) is 18.5. The summed E-state index contributed by atoms with van der Waals surface area (Å²) in [6.45, 7) is -0.213. The fraction of sp³-hybridized carbons (Fsp3) is 0.750. The van der Waals surface area contributed by atoms with Crippen LogP contribution in [-0.4, -0.2) is 67.4 Å². The fourth-order valence-corrected chi connectivity index (χ4v) is 3.33. The number of hydrogen-bond acceptors (Lipinski definition) is 7. The number of carbonyl (C=O) groups is 1. The van der Waals surface area contributed by atoms with Crippen LogP contribution in [0.5, 0.6) is 0 Å². The van der Waals surface area contributed by atoms with Gasteiger partial charge in [-0.3, -0.25) is 14.7 Å². The van der Waals surface area contributed by atoms with Gasteiger partial charge in [-0.15, -0.1) is 4.28 Å². The maximum Gasteiger partial charge on any atom is 0.516 e. The molecule has 2 aliphatic rings. The Morgan fingerprint density at radius 3 is 2.38 bits per heavy atom. The summed E-state index contributed by atoms with van der Waals surface area (Å²) < 4.78 is 94.1. The molecule has 0 aromatic rings. The first kappa shape index (κ1) is 18.7. The number of halogens is 3. The number of amidine groups is 1. The molecule has 0 aromatic heterocycles. The number of hydroxylamine groups is 2. The van der Waals surface area contributed by atoms with Gasteiger partial charge in [-0.1, -0.05) is 0 Å². The van der Waals surface area contributed by atoms with Crippen molar-refractivity contribution >= 4 is 32.3 Å². The van der Waals surface area contributed by atoms with E-state index in [1.54, 1.807) is 0 Å². The van der Waals surface area contributed by atoms with E-state index in [0.717, 1.165) is 9.62 Å². The monoisotopic (exact) mass is 396 g/mol. The number of urea groups is 1. The second kappa shape index (κ2) is 5.71. The summed E-state index contributed by atoms with van der Waals surface area (Å²) in [6.07, 6.45) is -0.0977. The van der Waals surface area contributed by atoms with Crippen molar-refractivity contribution in [2.45, 2.75) is 30.4 Å². The third-order valence-electron chi connectivity index (χ3n) is 3.38. The lowest BCUT2D eigenvalue weighted by Crippen LogP contribution is -2.52. The quantitative estimate of drug-likeness (QED) is 0.325. The van der Waals surface area contributed by atoms with Crippen molar-refractivity contribution in [2.75, 3.05) is 6.54 Å². The van der Waals surface area contributed by atoms with Gasteiger partial charge in [-0.2, -0.15) is 35.1 Å². The van der Waals surface area contributed by atoms with E-state index in [0.29, 0.717) is 5.06 Å². The number of rotatable bonds is 4. The number of sulfonamides is 1. The van der Waals surface area contributed by atoms with E-state index >= 15 is 0 Å². The molecule has 3 N–H and O–H groups in total. The van der Waals surface area contributed by atoms with Crippen molar-refractivity contribution in [1.29, 1.82) is 5.41 Å². The van der Waals surface area contributed by atoms with E-state index < -0.39 is 49.9 Å². The average Bonchev–Trinajstić information content (AvgIpc) is 2.60. The van der Waals surface area contributed by atoms with Gasteiger partial charge in [0.2, 0.25) is 0 Å². The van der Waals surface area contributed by atoms with Crippen LogP contribution in [0.25, 0.3) is 0 Å². The van der Waals surface area contributed by atoms with Crippen molar-refractivity contribution in [2.24, 2.45) is 0 Å². The van der Waals surface area contributed by atoms with E-state index in [1.165, 1.54) is 0 Å². The Hall–Kier alpha value is -1.65. The van der Waals surface area contributed by atoms with Crippen LogP contribution in [-0.2, 0) is 24.7 Å². The molecular formula is C8H11F3N4O7S2. The van der Waals surface area contributed by atoms with Crippen LogP contribution in [0.15, 0.2) is 0 Å². The normalized spacial score (nSPS) is 25.1. The molecule has 0 spiro atoms. The van der Waals surface area contributed by atoms with Crippen LogP contribution in [0.1, 0.15) is 12.8 Å². The Kier molecular flexibility index (Phi) is 4.45. The first-order valence-corrected chi connectivity index (χ1v) is 9.02. The number of hydrogen-bond donors (Lipinski definition) is 3. The van der Waals surface area contributed by atoms with E-state index in [9.17, 15) is 34.8 Å². The van der Waals surface area contributed by atoms with Gasteiger partial charge in [0.1, 0.15) is 5.84 Å². The Bertz CT molecular complexity index is 765. The standard InChI is InChI=1S/C8H11F3N4O7S2/c9-8(10,11)23(17,18)13-6(12)5-2-1-4-3-14(5)7(16)15(4)22-24(19,20)21/h4-5H,1-3H2,(H2,12,13)(H,19,20,21). The molecule has 24 heavy (non-hydrogen) atoms. The molecule has 0 saturated carbocycles. The molecular weight excluding hydrogens is 385 g/mol. The summed E-state index contributed by atoms with van der Waals surface area (Å²) in [4.78, 5) is 12.8. The highest BCUT2D eigenvalue weighted by atomic mass is 32.3. The summed E-state index contributed by atoms with van der Waals surface area (Å²) in [5.41, 5.74) is -5.63. The van der Waals surface area contributed by atoms with Crippen molar-refractivity contribution in [3.05, 3.63) is 0 Å². The maximum absolute atomic E-state index is 12.3. The minimum absolute atomic E-state index is 0.0125. The second-order valence-corrected chi connectivity index (χ2v) is 7.65. The number of amides is 2. The van der Waals surface area contributed by atoms with E-state index in [1.807, 2.05) is 0 Å². The molecule has 2 rings (SSSR count). The first-order chi connectivity index (χ1) is 10.7. The van der Waals surface area contributed by atoms with Crippen molar-refractivity contribution < 1.29 is 43.6 Å². The lowest BCUT2D eigenvalue weighted by Gasteiger charge is -2.30. The Labute approximate surface area is 133 Å². The van der Waals surface area contributed by atoms with Gasteiger partial charge in [0.25, 0.3) is 0 Å². The van der Waals surface area contributed by atoms with Crippen LogP contribution in [0.2, 0.25) is 0 Å². The van der Waals surface area contributed by atoms with Crippen molar-refractivity contribution in [3.63, 3.8) is 0 Å². The molecule has 2 amide bonds. The summed E-state index contributed by atoms with van der Waals surface area (Å²) in [5, 5.41) is 7.82. The summed E-state index contributed by atoms with van der Waals surface area (Å²) in [7, 11) is -10.8. The Morgan fingerprint density at radius 1 is 1.29 bits per heavy atom. The molecule has 0 aliphatic carbocycles. The maximum atomic E-state index is 12.3. The predicted octanol–water partition coefficient (Wildman–Crippen LogP) is -0.594. The smallest absolute Gasteiger partial charge is 0.310 e. The second-order valence-electron chi connectivity index (χ2n) is 4.97. The largest absolute Gasteiger partial charge is 0.516 e. The number of alkyl halides is 3. The molecule has 2 aliphatic heterocycles. The van der Waals surface area contributed by atoms with Gasteiger partial charge in [0, 0.05) is 6.54 Å². The molecule has 0 radical (unpaired) electrons. The molecule has 11 nitrogen and oxygen atoms in total. The van der Waals surface area contributed by atoms with Crippen molar-refractivity contribution in [1.82, 2.24) is 14.7 Å². The molecule has 138 valence electrons. The lowest BCUT2D eigenvalue weighted by atomic mass is 10.0. The topological polar surface area (TPSA) is 157 Å².